The average Bonchev–Trinajstić information content (AvgIpc) is 2.27. The fourth-order valence-corrected chi connectivity index (χ4v) is 2.96. The smallest absolute Gasteiger partial charge is 0.241 e. The first-order valence-corrected chi connectivity index (χ1v) is 6.99. The number of ether oxygens (including phenoxy) is 1. The van der Waals surface area contributed by atoms with Gasteiger partial charge < -0.3 is 9.84 Å². The number of aliphatic hydroxyl groups is 1. The van der Waals surface area contributed by atoms with E-state index in [2.05, 4.69) is 4.72 Å². The third kappa shape index (κ3) is 3.44. The van der Waals surface area contributed by atoms with E-state index in [4.69, 9.17) is 9.84 Å². The van der Waals surface area contributed by atoms with Crippen molar-refractivity contribution in [1.82, 2.24) is 4.72 Å². The van der Waals surface area contributed by atoms with E-state index in [0.717, 1.165) is 5.56 Å². The minimum Gasteiger partial charge on any atom is -0.496 e. The Morgan fingerprint density at radius 1 is 1.39 bits per heavy atom. The Balaban J connectivity index is 3.10. The van der Waals surface area contributed by atoms with E-state index in [-0.39, 0.29) is 11.5 Å². The van der Waals surface area contributed by atoms with Crippen LogP contribution in [0.5, 0.6) is 5.75 Å². The third-order valence-electron chi connectivity index (χ3n) is 2.48. The van der Waals surface area contributed by atoms with E-state index >= 15 is 0 Å². The van der Waals surface area contributed by atoms with Crippen molar-refractivity contribution in [2.24, 2.45) is 0 Å². The first-order chi connectivity index (χ1) is 8.22. The molecule has 1 rings (SSSR count). The van der Waals surface area contributed by atoms with Crippen molar-refractivity contribution in [1.29, 1.82) is 0 Å². The summed E-state index contributed by atoms with van der Waals surface area (Å²) in [6.07, 6.45) is 0. The van der Waals surface area contributed by atoms with E-state index in [1.165, 1.54) is 19.2 Å². The molecule has 0 bridgehead atoms. The molecule has 0 heterocycles. The van der Waals surface area contributed by atoms with Crippen molar-refractivity contribution in [3.8, 4) is 5.75 Å². The normalized spacial score (nSPS) is 12.5. The number of hydrogen-bond acceptors (Lipinski definition) is 4. The van der Waals surface area contributed by atoms with Gasteiger partial charge in [-0.05, 0) is 44.5 Å². The monoisotopic (exact) mass is 273 g/mol. The Morgan fingerprint density at radius 3 is 2.44 bits per heavy atom. The fraction of sp³-hybridized carbons (Fsp3) is 0.500. The van der Waals surface area contributed by atoms with Gasteiger partial charge in [0.2, 0.25) is 10.0 Å². The first-order valence-electron chi connectivity index (χ1n) is 5.51. The maximum Gasteiger partial charge on any atom is 0.241 e. The third-order valence-corrected chi connectivity index (χ3v) is 4.18. The summed E-state index contributed by atoms with van der Waals surface area (Å²) in [5.41, 5.74) is -0.158. The fourth-order valence-electron chi connectivity index (χ4n) is 1.47. The van der Waals surface area contributed by atoms with Crippen LogP contribution in [0.4, 0.5) is 0 Å². The SMILES string of the molecule is COc1ccc(S(=O)(=O)NC(C)(C)CO)cc1C. The lowest BCUT2D eigenvalue weighted by atomic mass is 10.1. The van der Waals surface area contributed by atoms with Crippen LogP contribution in [0, 0.1) is 6.92 Å². The molecule has 0 aliphatic rings. The van der Waals surface area contributed by atoms with Crippen molar-refractivity contribution >= 4 is 10.0 Å². The summed E-state index contributed by atoms with van der Waals surface area (Å²) in [6, 6.07) is 4.62. The van der Waals surface area contributed by atoms with Crippen LogP contribution in [0.15, 0.2) is 23.1 Å². The quantitative estimate of drug-likeness (QED) is 0.841. The van der Waals surface area contributed by atoms with E-state index in [1.807, 2.05) is 0 Å². The Bertz CT molecular complexity index is 523. The molecule has 0 saturated carbocycles. The summed E-state index contributed by atoms with van der Waals surface area (Å²) in [6.45, 7) is 4.72. The molecule has 0 atom stereocenters. The molecule has 0 fully saturated rings. The van der Waals surface area contributed by atoms with E-state index in [1.54, 1.807) is 26.8 Å². The highest BCUT2D eigenvalue weighted by atomic mass is 32.2. The molecule has 0 aromatic heterocycles. The van der Waals surface area contributed by atoms with Crippen molar-refractivity contribution in [3.63, 3.8) is 0 Å². The molecule has 0 unspecified atom stereocenters. The number of aliphatic hydroxyl groups excluding tert-OH is 1. The van der Waals surface area contributed by atoms with Gasteiger partial charge in [-0.2, -0.15) is 0 Å². The molecule has 1 aromatic rings. The van der Waals surface area contributed by atoms with Crippen LogP contribution in [0.2, 0.25) is 0 Å². The van der Waals surface area contributed by atoms with Gasteiger partial charge in [0.1, 0.15) is 5.75 Å². The molecule has 0 amide bonds. The molecule has 2 N–H and O–H groups in total. The molecule has 0 radical (unpaired) electrons. The van der Waals surface area contributed by atoms with Gasteiger partial charge in [0.15, 0.2) is 0 Å². The van der Waals surface area contributed by atoms with Gasteiger partial charge in [0, 0.05) is 0 Å². The van der Waals surface area contributed by atoms with Crippen molar-refractivity contribution in [2.45, 2.75) is 31.2 Å². The minimum atomic E-state index is -3.64. The number of benzene rings is 1. The second-order valence-corrected chi connectivity index (χ2v) is 6.46. The Hall–Kier alpha value is -1.11. The molecule has 0 aliphatic carbocycles. The summed E-state index contributed by atoms with van der Waals surface area (Å²) < 4.78 is 31.7. The van der Waals surface area contributed by atoms with E-state index < -0.39 is 15.6 Å². The highest BCUT2D eigenvalue weighted by Gasteiger charge is 2.25. The lowest BCUT2D eigenvalue weighted by molar-refractivity contribution is 0.208. The summed E-state index contributed by atoms with van der Waals surface area (Å²) in [5.74, 6) is 0.635. The molecule has 1 aromatic carbocycles. The molecular formula is C12H19NO4S. The number of rotatable bonds is 5. The maximum atomic E-state index is 12.1. The Kier molecular flexibility index (Phi) is 4.37. The molecule has 0 saturated heterocycles. The summed E-state index contributed by atoms with van der Waals surface area (Å²) in [7, 11) is -2.11. The van der Waals surface area contributed by atoms with Crippen LogP contribution in [-0.4, -0.2) is 32.8 Å². The summed E-state index contributed by atoms with van der Waals surface area (Å²) >= 11 is 0. The molecule has 0 aliphatic heterocycles. The van der Waals surface area contributed by atoms with Gasteiger partial charge in [-0.15, -0.1) is 0 Å². The van der Waals surface area contributed by atoms with Gasteiger partial charge in [-0.1, -0.05) is 0 Å². The van der Waals surface area contributed by atoms with Gasteiger partial charge >= 0.3 is 0 Å². The standard InChI is InChI=1S/C12H19NO4S/c1-9-7-10(5-6-11(9)17-4)18(15,16)13-12(2,3)8-14/h5-7,13-14H,8H2,1-4H3. The molecular weight excluding hydrogens is 254 g/mol. The van der Waals surface area contributed by atoms with Crippen LogP contribution >= 0.6 is 0 Å². The minimum absolute atomic E-state index is 0.155. The van der Waals surface area contributed by atoms with Crippen LogP contribution in [0.3, 0.4) is 0 Å². The largest absolute Gasteiger partial charge is 0.496 e. The predicted molar refractivity (Wildman–Crippen MR) is 69.2 cm³/mol. The zero-order valence-electron chi connectivity index (χ0n) is 11.0. The number of hydrogen-bond donors (Lipinski definition) is 2. The van der Waals surface area contributed by atoms with Gasteiger partial charge in [0.25, 0.3) is 0 Å². The lowest BCUT2D eigenvalue weighted by Gasteiger charge is -2.23. The Morgan fingerprint density at radius 2 is 2.00 bits per heavy atom. The zero-order chi connectivity index (χ0) is 14.0. The van der Waals surface area contributed by atoms with Crippen LogP contribution in [0.25, 0.3) is 0 Å². The van der Waals surface area contributed by atoms with Gasteiger partial charge in [-0.3, -0.25) is 0 Å². The highest BCUT2D eigenvalue weighted by molar-refractivity contribution is 7.89. The van der Waals surface area contributed by atoms with Gasteiger partial charge in [0.05, 0.1) is 24.2 Å². The number of sulfonamides is 1. The van der Waals surface area contributed by atoms with Crippen molar-refractivity contribution in [2.75, 3.05) is 13.7 Å². The van der Waals surface area contributed by atoms with Gasteiger partial charge in [-0.25, -0.2) is 13.1 Å². The molecule has 18 heavy (non-hydrogen) atoms. The average molecular weight is 273 g/mol. The summed E-state index contributed by atoms with van der Waals surface area (Å²) in [4.78, 5) is 0.155. The van der Waals surface area contributed by atoms with E-state index in [0.29, 0.717) is 5.75 Å². The van der Waals surface area contributed by atoms with Crippen LogP contribution < -0.4 is 9.46 Å². The van der Waals surface area contributed by atoms with Crippen molar-refractivity contribution in [3.05, 3.63) is 23.8 Å². The second-order valence-electron chi connectivity index (χ2n) is 4.78. The highest BCUT2D eigenvalue weighted by Crippen LogP contribution is 2.22. The molecule has 5 nitrogen and oxygen atoms in total. The van der Waals surface area contributed by atoms with Crippen molar-refractivity contribution < 1.29 is 18.3 Å². The first kappa shape index (κ1) is 14.9. The number of aryl methyl sites for hydroxylation is 1. The zero-order valence-corrected chi connectivity index (χ0v) is 11.8. The topological polar surface area (TPSA) is 75.6 Å². The van der Waals surface area contributed by atoms with Crippen LogP contribution in [0.1, 0.15) is 19.4 Å². The molecule has 6 heteroatoms. The summed E-state index contributed by atoms with van der Waals surface area (Å²) in [5, 5.41) is 9.09. The second kappa shape index (κ2) is 5.26. The van der Waals surface area contributed by atoms with E-state index in [9.17, 15) is 8.42 Å². The molecule has 102 valence electrons. The maximum absolute atomic E-state index is 12.1. The number of methoxy groups -OCH3 is 1. The van der Waals surface area contributed by atoms with Crippen LogP contribution in [-0.2, 0) is 10.0 Å². The molecule has 0 spiro atoms. The Labute approximate surface area is 108 Å². The lowest BCUT2D eigenvalue weighted by Crippen LogP contribution is -2.46. The predicted octanol–water partition coefficient (Wildman–Crippen LogP) is 1.05. The number of nitrogens with one attached hydrogen (secondary N) is 1.